The largest absolute Gasteiger partial charge is 0.507 e. The van der Waals surface area contributed by atoms with Gasteiger partial charge in [-0.2, -0.15) is 0 Å². The summed E-state index contributed by atoms with van der Waals surface area (Å²) in [6, 6.07) is 17.6. The molecular weight excluding hydrogens is 354 g/mol. The summed E-state index contributed by atoms with van der Waals surface area (Å²) >= 11 is 0. The molecule has 5 heteroatoms. The van der Waals surface area contributed by atoms with Gasteiger partial charge in [-0.3, -0.25) is 4.90 Å². The number of phenols is 1. The summed E-state index contributed by atoms with van der Waals surface area (Å²) in [6.45, 7) is 2.93. The average molecular weight is 379 g/mol. The number of para-hydroxylation sites is 1. The first-order chi connectivity index (χ1) is 13.7. The van der Waals surface area contributed by atoms with Crippen molar-refractivity contribution in [3.8, 4) is 17.2 Å². The highest BCUT2D eigenvalue weighted by molar-refractivity contribution is 5.94. The van der Waals surface area contributed by atoms with E-state index in [-0.39, 0.29) is 11.8 Å². The normalized spacial score (nSPS) is 16.1. The molecule has 1 fully saturated rings. The standard InChI is InChI=1S/C23H25NO4/c1-26-20-9-5-7-17-16(20)10-11-19(23(17)25)22(24-12-14-28-15-13-24)18-6-3-4-8-21(18)27-2/h3-11,22,25H,12-15H2,1-2H3. The lowest BCUT2D eigenvalue weighted by Crippen LogP contribution is -2.39. The Morgan fingerprint density at radius 1 is 0.821 bits per heavy atom. The van der Waals surface area contributed by atoms with Crippen molar-refractivity contribution in [3.05, 3.63) is 65.7 Å². The highest BCUT2D eigenvalue weighted by atomic mass is 16.5. The lowest BCUT2D eigenvalue weighted by atomic mass is 9.92. The molecule has 1 atom stereocenters. The molecule has 5 nitrogen and oxygen atoms in total. The van der Waals surface area contributed by atoms with E-state index in [0.29, 0.717) is 13.2 Å². The van der Waals surface area contributed by atoms with Crippen LogP contribution in [0.15, 0.2) is 54.6 Å². The van der Waals surface area contributed by atoms with E-state index in [1.165, 1.54) is 0 Å². The number of hydrogen-bond acceptors (Lipinski definition) is 5. The second-order valence-electron chi connectivity index (χ2n) is 6.85. The van der Waals surface area contributed by atoms with E-state index >= 15 is 0 Å². The second-order valence-corrected chi connectivity index (χ2v) is 6.85. The fraction of sp³-hybridized carbons (Fsp3) is 0.304. The summed E-state index contributed by atoms with van der Waals surface area (Å²) < 4.78 is 16.7. The van der Waals surface area contributed by atoms with Crippen LogP contribution < -0.4 is 9.47 Å². The fourth-order valence-electron chi connectivity index (χ4n) is 4.02. The van der Waals surface area contributed by atoms with E-state index in [1.807, 2.05) is 48.5 Å². The smallest absolute Gasteiger partial charge is 0.128 e. The maximum Gasteiger partial charge on any atom is 0.128 e. The van der Waals surface area contributed by atoms with E-state index in [4.69, 9.17) is 14.2 Å². The molecule has 0 spiro atoms. The molecule has 0 saturated carbocycles. The maximum absolute atomic E-state index is 11.2. The zero-order valence-electron chi connectivity index (χ0n) is 16.2. The zero-order chi connectivity index (χ0) is 19.5. The van der Waals surface area contributed by atoms with Gasteiger partial charge in [0.05, 0.1) is 33.5 Å². The summed E-state index contributed by atoms with van der Waals surface area (Å²) in [5.41, 5.74) is 1.89. The highest BCUT2D eigenvalue weighted by Crippen LogP contribution is 2.43. The van der Waals surface area contributed by atoms with Gasteiger partial charge in [0.2, 0.25) is 0 Å². The topological polar surface area (TPSA) is 51.2 Å². The predicted octanol–water partition coefficient (Wildman–Crippen LogP) is 3.98. The van der Waals surface area contributed by atoms with E-state index in [1.54, 1.807) is 14.2 Å². The molecule has 0 radical (unpaired) electrons. The van der Waals surface area contributed by atoms with Gasteiger partial charge in [-0.25, -0.2) is 0 Å². The third-order valence-electron chi connectivity index (χ3n) is 5.38. The second kappa shape index (κ2) is 8.09. The van der Waals surface area contributed by atoms with Gasteiger partial charge in [0.1, 0.15) is 17.2 Å². The third kappa shape index (κ3) is 3.28. The van der Waals surface area contributed by atoms with Crippen LogP contribution >= 0.6 is 0 Å². The molecule has 0 aromatic heterocycles. The average Bonchev–Trinajstić information content (AvgIpc) is 2.76. The lowest BCUT2D eigenvalue weighted by Gasteiger charge is -2.36. The Kier molecular flexibility index (Phi) is 5.37. The Labute approximate surface area is 165 Å². The van der Waals surface area contributed by atoms with Crippen LogP contribution in [0.1, 0.15) is 17.2 Å². The minimum absolute atomic E-state index is 0.129. The first kappa shape index (κ1) is 18.6. The molecule has 0 bridgehead atoms. The summed E-state index contributed by atoms with van der Waals surface area (Å²) in [5, 5.41) is 12.9. The van der Waals surface area contributed by atoms with Crippen LogP contribution in [0.2, 0.25) is 0 Å². The Morgan fingerprint density at radius 2 is 1.54 bits per heavy atom. The zero-order valence-corrected chi connectivity index (χ0v) is 16.2. The monoisotopic (exact) mass is 379 g/mol. The van der Waals surface area contributed by atoms with Crippen molar-refractivity contribution in [1.82, 2.24) is 4.90 Å². The number of fused-ring (bicyclic) bond motifs is 1. The van der Waals surface area contributed by atoms with E-state index in [9.17, 15) is 5.11 Å². The van der Waals surface area contributed by atoms with Crippen LogP contribution in [0.4, 0.5) is 0 Å². The minimum Gasteiger partial charge on any atom is -0.507 e. The van der Waals surface area contributed by atoms with Crippen molar-refractivity contribution in [1.29, 1.82) is 0 Å². The SMILES string of the molecule is COc1ccccc1C(c1ccc2c(OC)cccc2c1O)N1CCOCC1. The van der Waals surface area contributed by atoms with Crippen molar-refractivity contribution >= 4 is 10.8 Å². The van der Waals surface area contributed by atoms with Crippen LogP contribution in [0.25, 0.3) is 10.8 Å². The summed E-state index contributed by atoms with van der Waals surface area (Å²) in [5.74, 6) is 1.84. The van der Waals surface area contributed by atoms with Crippen molar-refractivity contribution in [3.63, 3.8) is 0 Å². The van der Waals surface area contributed by atoms with Crippen LogP contribution in [-0.2, 0) is 4.74 Å². The van der Waals surface area contributed by atoms with E-state index in [2.05, 4.69) is 11.0 Å². The molecule has 0 amide bonds. The predicted molar refractivity (Wildman–Crippen MR) is 109 cm³/mol. The molecule has 1 N–H and O–H groups in total. The maximum atomic E-state index is 11.2. The number of hydrogen-bond donors (Lipinski definition) is 1. The van der Waals surface area contributed by atoms with Crippen LogP contribution in [0, 0.1) is 0 Å². The van der Waals surface area contributed by atoms with Crippen LogP contribution in [0.5, 0.6) is 17.2 Å². The van der Waals surface area contributed by atoms with Gasteiger partial charge in [-0.1, -0.05) is 42.5 Å². The molecular formula is C23H25NO4. The number of aromatic hydroxyl groups is 1. The van der Waals surface area contributed by atoms with Crippen LogP contribution in [-0.4, -0.2) is 50.5 Å². The molecule has 3 aromatic rings. The number of morpholine rings is 1. The molecule has 1 saturated heterocycles. The number of benzene rings is 3. The van der Waals surface area contributed by atoms with Crippen LogP contribution in [0.3, 0.4) is 0 Å². The van der Waals surface area contributed by atoms with Gasteiger partial charge >= 0.3 is 0 Å². The number of nitrogens with zero attached hydrogens (tertiary/aromatic N) is 1. The minimum atomic E-state index is -0.129. The van der Waals surface area contributed by atoms with Gasteiger partial charge in [0, 0.05) is 35.0 Å². The lowest BCUT2D eigenvalue weighted by molar-refractivity contribution is 0.0232. The van der Waals surface area contributed by atoms with Gasteiger partial charge in [0.15, 0.2) is 0 Å². The molecule has 1 aliphatic heterocycles. The van der Waals surface area contributed by atoms with Gasteiger partial charge in [0.25, 0.3) is 0 Å². The molecule has 0 aliphatic carbocycles. The molecule has 1 heterocycles. The Balaban J connectivity index is 1.90. The molecule has 146 valence electrons. The van der Waals surface area contributed by atoms with Gasteiger partial charge in [-0.05, 0) is 12.1 Å². The Morgan fingerprint density at radius 3 is 2.29 bits per heavy atom. The van der Waals surface area contributed by atoms with Crippen molar-refractivity contribution in [2.75, 3.05) is 40.5 Å². The van der Waals surface area contributed by atoms with E-state index < -0.39 is 0 Å². The van der Waals surface area contributed by atoms with Crippen molar-refractivity contribution < 1.29 is 19.3 Å². The molecule has 28 heavy (non-hydrogen) atoms. The highest BCUT2D eigenvalue weighted by Gasteiger charge is 2.29. The quantitative estimate of drug-likeness (QED) is 0.727. The van der Waals surface area contributed by atoms with E-state index in [0.717, 1.165) is 46.5 Å². The van der Waals surface area contributed by atoms with Gasteiger partial charge < -0.3 is 19.3 Å². The number of rotatable bonds is 5. The summed E-state index contributed by atoms with van der Waals surface area (Å²) in [4.78, 5) is 2.34. The summed E-state index contributed by atoms with van der Waals surface area (Å²) in [7, 11) is 3.32. The van der Waals surface area contributed by atoms with Crippen molar-refractivity contribution in [2.45, 2.75) is 6.04 Å². The number of phenolic OH excluding ortho intramolecular Hbond substituents is 1. The Bertz CT molecular complexity index is 966. The molecule has 1 aliphatic rings. The summed E-state index contributed by atoms with van der Waals surface area (Å²) in [6.07, 6.45) is 0. The fourth-order valence-corrected chi connectivity index (χ4v) is 4.02. The molecule has 3 aromatic carbocycles. The first-order valence-corrected chi connectivity index (χ1v) is 9.48. The number of methoxy groups -OCH3 is 2. The van der Waals surface area contributed by atoms with Gasteiger partial charge in [-0.15, -0.1) is 0 Å². The van der Waals surface area contributed by atoms with Crippen molar-refractivity contribution in [2.24, 2.45) is 0 Å². The third-order valence-corrected chi connectivity index (χ3v) is 5.38. The Hall–Kier alpha value is -2.76. The number of ether oxygens (including phenoxy) is 3. The molecule has 4 rings (SSSR count). The first-order valence-electron chi connectivity index (χ1n) is 9.48. The molecule has 1 unspecified atom stereocenters.